The molecule has 1 unspecified atom stereocenters. The van der Waals surface area contributed by atoms with Crippen LogP contribution in [-0.2, 0) is 9.53 Å². The van der Waals surface area contributed by atoms with Crippen molar-refractivity contribution in [1.82, 2.24) is 10.2 Å². The Labute approximate surface area is 111 Å². The number of hydrogen-bond donors (Lipinski definition) is 1. The molecule has 1 atom stereocenters. The lowest BCUT2D eigenvalue weighted by atomic mass is 9.98. The van der Waals surface area contributed by atoms with E-state index in [1.54, 1.807) is 4.90 Å². The molecule has 0 spiro atoms. The van der Waals surface area contributed by atoms with E-state index in [-0.39, 0.29) is 11.9 Å². The molecule has 1 fully saturated rings. The first kappa shape index (κ1) is 15.4. The first-order valence-corrected chi connectivity index (χ1v) is 7.03. The van der Waals surface area contributed by atoms with Gasteiger partial charge >= 0.3 is 0 Å². The molecule has 18 heavy (non-hydrogen) atoms. The van der Waals surface area contributed by atoms with E-state index in [1.165, 1.54) is 0 Å². The lowest BCUT2D eigenvalue weighted by Gasteiger charge is -2.27. The van der Waals surface area contributed by atoms with E-state index in [9.17, 15) is 4.79 Å². The molecule has 4 heteroatoms. The van der Waals surface area contributed by atoms with E-state index >= 15 is 0 Å². The lowest BCUT2D eigenvalue weighted by Crippen LogP contribution is -2.46. The van der Waals surface area contributed by atoms with Gasteiger partial charge in [0.05, 0.1) is 6.04 Å². The van der Waals surface area contributed by atoms with Gasteiger partial charge in [0.2, 0.25) is 5.91 Å². The number of amides is 1. The quantitative estimate of drug-likeness (QED) is 0.783. The molecule has 1 rings (SSSR count). The number of carbonyl (C=O) groups is 1. The van der Waals surface area contributed by atoms with Crippen molar-refractivity contribution in [3.63, 3.8) is 0 Å². The van der Waals surface area contributed by atoms with Crippen molar-refractivity contribution in [2.24, 2.45) is 11.8 Å². The summed E-state index contributed by atoms with van der Waals surface area (Å²) in [5, 5.41) is 3.46. The van der Waals surface area contributed by atoms with Crippen LogP contribution in [0.1, 0.15) is 33.1 Å². The second-order valence-corrected chi connectivity index (χ2v) is 5.88. The molecule has 0 radical (unpaired) electrons. The average Bonchev–Trinajstić information content (AvgIpc) is 2.34. The summed E-state index contributed by atoms with van der Waals surface area (Å²) in [5.41, 5.74) is 0. The molecular weight excluding hydrogens is 228 g/mol. The van der Waals surface area contributed by atoms with Crippen LogP contribution in [0.2, 0.25) is 0 Å². The van der Waals surface area contributed by atoms with Gasteiger partial charge in [-0.1, -0.05) is 13.8 Å². The van der Waals surface area contributed by atoms with Gasteiger partial charge in [-0.2, -0.15) is 0 Å². The van der Waals surface area contributed by atoms with Gasteiger partial charge in [0, 0.05) is 27.3 Å². The average molecular weight is 256 g/mol. The minimum absolute atomic E-state index is 0.0390. The molecule has 1 aliphatic heterocycles. The van der Waals surface area contributed by atoms with Gasteiger partial charge in [0.25, 0.3) is 0 Å². The summed E-state index contributed by atoms with van der Waals surface area (Å²) in [4.78, 5) is 13.8. The van der Waals surface area contributed by atoms with Crippen molar-refractivity contribution in [2.45, 2.75) is 39.2 Å². The fourth-order valence-electron chi connectivity index (χ4n) is 2.31. The maximum atomic E-state index is 12.1. The van der Waals surface area contributed by atoms with Crippen molar-refractivity contribution in [2.75, 3.05) is 33.9 Å². The zero-order valence-electron chi connectivity index (χ0n) is 12.2. The minimum atomic E-state index is -0.0390. The molecular formula is C14H28N2O2. The second-order valence-electron chi connectivity index (χ2n) is 5.88. The van der Waals surface area contributed by atoms with Gasteiger partial charge < -0.3 is 15.0 Å². The van der Waals surface area contributed by atoms with Crippen LogP contribution in [0, 0.1) is 11.8 Å². The van der Waals surface area contributed by atoms with E-state index in [0.717, 1.165) is 39.0 Å². The first-order chi connectivity index (χ1) is 8.50. The summed E-state index contributed by atoms with van der Waals surface area (Å²) in [6.45, 7) is 6.98. The van der Waals surface area contributed by atoms with Crippen LogP contribution < -0.4 is 5.32 Å². The molecule has 0 aromatic carbocycles. The van der Waals surface area contributed by atoms with E-state index in [4.69, 9.17) is 4.74 Å². The predicted octanol–water partition coefficient (Wildman–Crippen LogP) is 1.51. The number of nitrogens with one attached hydrogen (secondary N) is 1. The van der Waals surface area contributed by atoms with E-state index in [0.29, 0.717) is 11.8 Å². The SMILES string of the molecule is CC(C)CC(NCC1CCOCC1)C(=O)N(C)C. The van der Waals surface area contributed by atoms with Crippen LogP contribution in [-0.4, -0.2) is 50.7 Å². The van der Waals surface area contributed by atoms with Gasteiger partial charge in [-0.15, -0.1) is 0 Å². The van der Waals surface area contributed by atoms with Crippen molar-refractivity contribution in [1.29, 1.82) is 0 Å². The highest BCUT2D eigenvalue weighted by molar-refractivity contribution is 5.81. The standard InChI is InChI=1S/C14H28N2O2/c1-11(2)9-13(14(17)16(3)4)15-10-12-5-7-18-8-6-12/h11-13,15H,5-10H2,1-4H3. The normalized spacial score (nSPS) is 18.9. The molecule has 1 saturated heterocycles. The molecule has 1 aliphatic rings. The van der Waals surface area contributed by atoms with Crippen LogP contribution in [0.25, 0.3) is 0 Å². The zero-order valence-corrected chi connectivity index (χ0v) is 12.2. The number of rotatable bonds is 6. The van der Waals surface area contributed by atoms with Crippen LogP contribution in [0.4, 0.5) is 0 Å². The largest absolute Gasteiger partial charge is 0.381 e. The Morgan fingerprint density at radius 2 is 1.94 bits per heavy atom. The Bertz CT molecular complexity index is 248. The summed E-state index contributed by atoms with van der Waals surface area (Å²) in [6, 6.07) is -0.0390. The Morgan fingerprint density at radius 3 is 2.44 bits per heavy atom. The van der Waals surface area contributed by atoms with Crippen LogP contribution >= 0.6 is 0 Å². The van der Waals surface area contributed by atoms with Crippen LogP contribution in [0.5, 0.6) is 0 Å². The Morgan fingerprint density at radius 1 is 1.33 bits per heavy atom. The number of nitrogens with zero attached hydrogens (tertiary/aromatic N) is 1. The Balaban J connectivity index is 2.42. The minimum Gasteiger partial charge on any atom is -0.381 e. The molecule has 106 valence electrons. The molecule has 0 aromatic heterocycles. The van der Waals surface area contributed by atoms with Gasteiger partial charge in [-0.25, -0.2) is 0 Å². The summed E-state index contributed by atoms with van der Waals surface area (Å²) < 4.78 is 5.35. The fraction of sp³-hybridized carbons (Fsp3) is 0.929. The number of ether oxygens (including phenoxy) is 1. The number of hydrogen-bond acceptors (Lipinski definition) is 3. The van der Waals surface area contributed by atoms with Crippen molar-refractivity contribution >= 4 is 5.91 Å². The monoisotopic (exact) mass is 256 g/mol. The maximum Gasteiger partial charge on any atom is 0.239 e. The van der Waals surface area contributed by atoms with Crippen molar-refractivity contribution < 1.29 is 9.53 Å². The predicted molar refractivity (Wildman–Crippen MR) is 73.5 cm³/mol. The maximum absolute atomic E-state index is 12.1. The smallest absolute Gasteiger partial charge is 0.239 e. The second kappa shape index (κ2) is 7.74. The highest BCUT2D eigenvalue weighted by Gasteiger charge is 2.22. The summed E-state index contributed by atoms with van der Waals surface area (Å²) in [7, 11) is 3.65. The lowest BCUT2D eigenvalue weighted by molar-refractivity contribution is -0.131. The molecule has 4 nitrogen and oxygen atoms in total. The van der Waals surface area contributed by atoms with E-state index < -0.39 is 0 Å². The number of carbonyl (C=O) groups excluding carboxylic acids is 1. The Hall–Kier alpha value is -0.610. The molecule has 0 saturated carbocycles. The zero-order chi connectivity index (χ0) is 13.5. The molecule has 1 amide bonds. The first-order valence-electron chi connectivity index (χ1n) is 7.03. The van der Waals surface area contributed by atoms with Gasteiger partial charge in [0.1, 0.15) is 0 Å². The Kier molecular flexibility index (Phi) is 6.65. The van der Waals surface area contributed by atoms with Gasteiger partial charge in [-0.3, -0.25) is 4.79 Å². The van der Waals surface area contributed by atoms with Gasteiger partial charge in [0.15, 0.2) is 0 Å². The third kappa shape index (κ3) is 5.36. The van der Waals surface area contributed by atoms with Crippen molar-refractivity contribution in [3.8, 4) is 0 Å². The highest BCUT2D eigenvalue weighted by Crippen LogP contribution is 2.14. The topological polar surface area (TPSA) is 41.6 Å². The summed E-state index contributed by atoms with van der Waals surface area (Å²) >= 11 is 0. The third-order valence-electron chi connectivity index (χ3n) is 3.44. The summed E-state index contributed by atoms with van der Waals surface area (Å²) in [6.07, 6.45) is 3.12. The number of likely N-dealkylation sites (N-methyl/N-ethyl adjacent to an activating group) is 1. The van der Waals surface area contributed by atoms with Crippen LogP contribution in [0.3, 0.4) is 0 Å². The molecule has 1 N–H and O–H groups in total. The van der Waals surface area contributed by atoms with Crippen molar-refractivity contribution in [3.05, 3.63) is 0 Å². The molecule has 0 aromatic rings. The van der Waals surface area contributed by atoms with E-state index in [1.807, 2.05) is 14.1 Å². The molecule has 0 aliphatic carbocycles. The van der Waals surface area contributed by atoms with Gasteiger partial charge in [-0.05, 0) is 37.6 Å². The molecule has 1 heterocycles. The molecule has 0 bridgehead atoms. The van der Waals surface area contributed by atoms with Crippen LogP contribution in [0.15, 0.2) is 0 Å². The summed E-state index contributed by atoms with van der Waals surface area (Å²) in [5.74, 6) is 1.38. The van der Waals surface area contributed by atoms with E-state index in [2.05, 4.69) is 19.2 Å². The fourth-order valence-corrected chi connectivity index (χ4v) is 2.31. The highest BCUT2D eigenvalue weighted by atomic mass is 16.5. The third-order valence-corrected chi connectivity index (χ3v) is 3.44.